The molecule has 2 aromatic carbocycles. The van der Waals surface area contributed by atoms with Crippen LogP contribution in [0, 0.1) is 6.92 Å². The fourth-order valence-corrected chi connectivity index (χ4v) is 3.49. The number of hydrogen-bond donors (Lipinski definition) is 1. The molecule has 5 heteroatoms. The number of carbonyl (C=O) groups excluding carboxylic acids is 2. The molecule has 128 valence electrons. The summed E-state index contributed by atoms with van der Waals surface area (Å²) in [6.07, 6.45) is 1.59. The first-order valence-electron chi connectivity index (χ1n) is 8.58. The van der Waals surface area contributed by atoms with Crippen LogP contribution in [0.15, 0.2) is 42.5 Å². The Morgan fingerprint density at radius 1 is 1.24 bits per heavy atom. The topological polar surface area (TPSA) is 58.6 Å². The molecule has 0 saturated carbocycles. The maximum absolute atomic E-state index is 12.5. The van der Waals surface area contributed by atoms with Crippen LogP contribution in [0.4, 0.5) is 11.4 Å². The molecule has 0 bridgehead atoms. The largest absolute Gasteiger partial charge is 0.480 e. The van der Waals surface area contributed by atoms with Gasteiger partial charge in [-0.1, -0.05) is 18.2 Å². The number of anilines is 2. The number of nitrogens with one attached hydrogen (secondary N) is 1. The summed E-state index contributed by atoms with van der Waals surface area (Å²) in [5.74, 6) is 0.791. The van der Waals surface area contributed by atoms with Crippen molar-refractivity contribution >= 4 is 23.2 Å². The normalized spacial score (nSPS) is 18.8. The summed E-state index contributed by atoms with van der Waals surface area (Å²) in [5.41, 5.74) is 3.67. The molecule has 0 radical (unpaired) electrons. The van der Waals surface area contributed by atoms with Gasteiger partial charge in [-0.25, -0.2) is 0 Å². The van der Waals surface area contributed by atoms with Crippen LogP contribution in [0.3, 0.4) is 0 Å². The summed E-state index contributed by atoms with van der Waals surface area (Å²) < 4.78 is 5.73. The Kier molecular flexibility index (Phi) is 3.92. The Morgan fingerprint density at radius 3 is 2.80 bits per heavy atom. The first kappa shape index (κ1) is 15.7. The first-order valence-corrected chi connectivity index (χ1v) is 8.58. The molecule has 0 aromatic heterocycles. The Balaban J connectivity index is 1.46. The van der Waals surface area contributed by atoms with Crippen LogP contribution in [0.25, 0.3) is 0 Å². The highest BCUT2D eigenvalue weighted by Crippen LogP contribution is 2.30. The third-order valence-electron chi connectivity index (χ3n) is 4.77. The van der Waals surface area contributed by atoms with E-state index < -0.39 is 6.10 Å². The second-order valence-corrected chi connectivity index (χ2v) is 6.56. The van der Waals surface area contributed by atoms with Gasteiger partial charge in [0.25, 0.3) is 5.91 Å². The van der Waals surface area contributed by atoms with Gasteiger partial charge >= 0.3 is 0 Å². The zero-order valence-corrected chi connectivity index (χ0v) is 14.1. The van der Waals surface area contributed by atoms with E-state index in [2.05, 4.69) is 5.32 Å². The predicted molar refractivity (Wildman–Crippen MR) is 96.0 cm³/mol. The van der Waals surface area contributed by atoms with Crippen LogP contribution < -0.4 is 15.0 Å². The second-order valence-electron chi connectivity index (χ2n) is 6.56. The average Bonchev–Trinajstić information content (AvgIpc) is 3.21. The number of benzene rings is 2. The quantitative estimate of drug-likeness (QED) is 0.937. The third-order valence-corrected chi connectivity index (χ3v) is 4.77. The second kappa shape index (κ2) is 6.24. The van der Waals surface area contributed by atoms with E-state index in [4.69, 9.17) is 4.74 Å². The van der Waals surface area contributed by atoms with E-state index in [0.29, 0.717) is 12.8 Å². The lowest BCUT2D eigenvalue weighted by Gasteiger charge is -2.19. The summed E-state index contributed by atoms with van der Waals surface area (Å²) in [7, 11) is 0. The molecule has 2 amide bonds. The van der Waals surface area contributed by atoms with E-state index >= 15 is 0 Å². The van der Waals surface area contributed by atoms with Crippen molar-refractivity contribution in [1.29, 1.82) is 0 Å². The molecule has 1 atom stereocenters. The highest BCUT2D eigenvalue weighted by molar-refractivity contribution is 5.98. The molecule has 0 spiro atoms. The number of fused-ring (bicyclic) bond motifs is 1. The standard InChI is InChI=1S/C20H20N2O3/c1-13-11-15(8-9-16(13)22-10-4-7-19(22)23)21-20(24)18-12-14-5-2-3-6-17(14)25-18/h2-3,5-6,8-9,11,18H,4,7,10,12H2,1H3,(H,21,24)/t18-/m0/s1. The van der Waals surface area contributed by atoms with Crippen molar-refractivity contribution in [2.75, 3.05) is 16.8 Å². The summed E-state index contributed by atoms with van der Waals surface area (Å²) in [4.78, 5) is 26.2. The van der Waals surface area contributed by atoms with Gasteiger partial charge in [0.1, 0.15) is 5.75 Å². The molecular weight excluding hydrogens is 316 g/mol. The van der Waals surface area contributed by atoms with Crippen LogP contribution in [-0.2, 0) is 16.0 Å². The molecule has 25 heavy (non-hydrogen) atoms. The predicted octanol–water partition coefficient (Wildman–Crippen LogP) is 3.06. The lowest BCUT2D eigenvalue weighted by molar-refractivity contribution is -0.122. The number of aryl methyl sites for hydroxylation is 1. The maximum atomic E-state index is 12.5. The van der Waals surface area contributed by atoms with Crippen LogP contribution >= 0.6 is 0 Å². The van der Waals surface area contributed by atoms with Crippen molar-refractivity contribution < 1.29 is 14.3 Å². The van der Waals surface area contributed by atoms with Crippen LogP contribution in [0.1, 0.15) is 24.0 Å². The molecule has 2 heterocycles. The van der Waals surface area contributed by atoms with Gasteiger partial charge in [0.15, 0.2) is 6.10 Å². The highest BCUT2D eigenvalue weighted by Gasteiger charge is 2.29. The lowest BCUT2D eigenvalue weighted by Crippen LogP contribution is -2.31. The van der Waals surface area contributed by atoms with Gasteiger partial charge in [-0.05, 0) is 48.7 Å². The Morgan fingerprint density at radius 2 is 2.08 bits per heavy atom. The van der Waals surface area contributed by atoms with E-state index in [1.807, 2.05) is 54.3 Å². The molecule has 1 N–H and O–H groups in total. The minimum Gasteiger partial charge on any atom is -0.480 e. The number of ether oxygens (including phenoxy) is 1. The molecule has 2 aliphatic rings. The monoisotopic (exact) mass is 336 g/mol. The smallest absolute Gasteiger partial charge is 0.265 e. The van der Waals surface area contributed by atoms with E-state index in [0.717, 1.165) is 41.2 Å². The zero-order chi connectivity index (χ0) is 17.4. The summed E-state index contributed by atoms with van der Waals surface area (Å²) in [5, 5.41) is 2.92. The molecule has 0 unspecified atom stereocenters. The van der Waals surface area contributed by atoms with Crippen LogP contribution in [0.2, 0.25) is 0 Å². The molecule has 2 aromatic rings. The molecule has 5 nitrogen and oxygen atoms in total. The number of rotatable bonds is 3. The minimum atomic E-state index is -0.502. The van der Waals surface area contributed by atoms with Gasteiger partial charge in [0, 0.05) is 30.8 Å². The van der Waals surface area contributed by atoms with Crippen LogP contribution in [-0.4, -0.2) is 24.5 Å². The molecule has 0 aliphatic carbocycles. The third kappa shape index (κ3) is 2.97. The number of nitrogens with zero attached hydrogens (tertiary/aromatic N) is 1. The molecule has 2 aliphatic heterocycles. The van der Waals surface area contributed by atoms with Crippen molar-refractivity contribution in [2.24, 2.45) is 0 Å². The Bertz CT molecular complexity index is 822. The average molecular weight is 336 g/mol. The number of amides is 2. The van der Waals surface area contributed by atoms with Crippen molar-refractivity contribution in [3.05, 3.63) is 53.6 Å². The zero-order valence-electron chi connectivity index (χ0n) is 14.1. The maximum Gasteiger partial charge on any atom is 0.265 e. The SMILES string of the molecule is Cc1cc(NC(=O)[C@@H]2Cc3ccccc3O2)ccc1N1CCCC1=O. The summed E-state index contributed by atoms with van der Waals surface area (Å²) in [6.45, 7) is 2.72. The van der Waals surface area contributed by atoms with Gasteiger partial charge < -0.3 is 15.0 Å². The fourth-order valence-electron chi connectivity index (χ4n) is 3.49. The summed E-state index contributed by atoms with van der Waals surface area (Å²) >= 11 is 0. The molecular formula is C20H20N2O3. The van der Waals surface area contributed by atoms with Gasteiger partial charge in [-0.15, -0.1) is 0 Å². The molecule has 1 fully saturated rings. The van der Waals surface area contributed by atoms with Crippen molar-refractivity contribution in [1.82, 2.24) is 0 Å². The number of carbonyl (C=O) groups is 2. The Labute approximate surface area is 146 Å². The van der Waals surface area contributed by atoms with Gasteiger partial charge in [-0.3, -0.25) is 9.59 Å². The fraction of sp³-hybridized carbons (Fsp3) is 0.300. The van der Waals surface area contributed by atoms with E-state index in [-0.39, 0.29) is 11.8 Å². The van der Waals surface area contributed by atoms with Crippen molar-refractivity contribution in [2.45, 2.75) is 32.3 Å². The lowest BCUT2D eigenvalue weighted by atomic mass is 10.1. The van der Waals surface area contributed by atoms with E-state index in [1.165, 1.54) is 0 Å². The number of para-hydroxylation sites is 1. The van der Waals surface area contributed by atoms with E-state index in [9.17, 15) is 9.59 Å². The first-order chi connectivity index (χ1) is 12.1. The number of hydrogen-bond acceptors (Lipinski definition) is 3. The molecule has 1 saturated heterocycles. The van der Waals surface area contributed by atoms with E-state index in [1.54, 1.807) is 0 Å². The van der Waals surface area contributed by atoms with Crippen molar-refractivity contribution in [3.63, 3.8) is 0 Å². The highest BCUT2D eigenvalue weighted by atomic mass is 16.5. The summed E-state index contributed by atoms with van der Waals surface area (Å²) in [6, 6.07) is 13.4. The molecule has 4 rings (SSSR count). The van der Waals surface area contributed by atoms with Gasteiger partial charge in [-0.2, -0.15) is 0 Å². The van der Waals surface area contributed by atoms with Crippen molar-refractivity contribution in [3.8, 4) is 5.75 Å². The van der Waals surface area contributed by atoms with Gasteiger partial charge in [0.05, 0.1) is 0 Å². The minimum absolute atomic E-state index is 0.152. The van der Waals surface area contributed by atoms with Crippen LogP contribution in [0.5, 0.6) is 5.75 Å². The Hall–Kier alpha value is -2.82. The van der Waals surface area contributed by atoms with Gasteiger partial charge in [0.2, 0.25) is 5.91 Å².